The molecule has 0 aromatic heterocycles. The first-order chi connectivity index (χ1) is 11.9. The van der Waals surface area contributed by atoms with Crippen LogP contribution in [-0.2, 0) is 4.74 Å². The van der Waals surface area contributed by atoms with Crippen molar-refractivity contribution in [3.05, 3.63) is 0 Å². The molecule has 0 aromatic rings. The molecule has 7 nitrogen and oxygen atoms in total. The van der Waals surface area contributed by atoms with E-state index in [9.17, 15) is 4.79 Å². The Morgan fingerprint density at radius 1 is 1.20 bits per heavy atom. The second-order valence-corrected chi connectivity index (χ2v) is 7.67. The lowest BCUT2D eigenvalue weighted by molar-refractivity contribution is 0.0961. The van der Waals surface area contributed by atoms with Gasteiger partial charge in [0.1, 0.15) is 0 Å². The van der Waals surface area contributed by atoms with Gasteiger partial charge in [-0.05, 0) is 59.5 Å². The van der Waals surface area contributed by atoms with Crippen molar-refractivity contribution in [2.24, 2.45) is 10.7 Å². The highest BCUT2D eigenvalue weighted by molar-refractivity contribution is 5.78. The van der Waals surface area contributed by atoms with E-state index in [1.807, 2.05) is 6.92 Å². The summed E-state index contributed by atoms with van der Waals surface area (Å²) in [4.78, 5) is 20.6. The van der Waals surface area contributed by atoms with Gasteiger partial charge < -0.3 is 20.7 Å². The average molecular weight is 354 g/mol. The van der Waals surface area contributed by atoms with Gasteiger partial charge in [0.05, 0.1) is 13.2 Å². The number of aliphatic imine (C=N–C) groups is 1. The Hall–Kier alpha value is -1.50. The number of hydrogen-bond donors (Lipinski definition) is 2. The number of carbonyl (C=O) groups is 1. The molecule has 0 saturated carbocycles. The van der Waals surface area contributed by atoms with E-state index < -0.39 is 0 Å². The van der Waals surface area contributed by atoms with Crippen molar-refractivity contribution >= 4 is 12.1 Å². The second-order valence-electron chi connectivity index (χ2n) is 7.67. The summed E-state index contributed by atoms with van der Waals surface area (Å²) in [6.07, 6.45) is 5.41. The summed E-state index contributed by atoms with van der Waals surface area (Å²) >= 11 is 0. The van der Waals surface area contributed by atoms with Crippen molar-refractivity contribution in [1.29, 1.82) is 0 Å². The Bertz CT molecular complexity index is 452. The summed E-state index contributed by atoms with van der Waals surface area (Å²) in [5, 5.41) is 3.32. The van der Waals surface area contributed by atoms with Gasteiger partial charge in [0.25, 0.3) is 0 Å². The summed E-state index contributed by atoms with van der Waals surface area (Å²) in [6.45, 7) is 11.1. The average Bonchev–Trinajstić information content (AvgIpc) is 2.62. The van der Waals surface area contributed by atoms with Gasteiger partial charge in [-0.15, -0.1) is 0 Å². The third-order valence-corrected chi connectivity index (χ3v) is 5.22. The van der Waals surface area contributed by atoms with Gasteiger partial charge in [-0.25, -0.2) is 4.79 Å². The van der Waals surface area contributed by atoms with Gasteiger partial charge in [-0.1, -0.05) is 6.42 Å². The number of nitrogens with two attached hydrogens (primary N) is 1. The molecule has 0 aromatic carbocycles. The van der Waals surface area contributed by atoms with E-state index >= 15 is 0 Å². The summed E-state index contributed by atoms with van der Waals surface area (Å²) in [5.41, 5.74) is 6.14. The first-order valence-corrected chi connectivity index (χ1v) is 9.65. The molecule has 0 unspecified atom stereocenters. The number of hydrogen-bond acceptors (Lipinski definition) is 4. The highest BCUT2D eigenvalue weighted by Crippen LogP contribution is 2.20. The van der Waals surface area contributed by atoms with Gasteiger partial charge in [0.2, 0.25) is 0 Å². The number of amides is 1. The first kappa shape index (κ1) is 19.8. The first-order valence-electron chi connectivity index (χ1n) is 9.65. The Labute approximate surface area is 152 Å². The molecule has 2 aliphatic heterocycles. The van der Waals surface area contributed by atoms with Crippen LogP contribution in [0.1, 0.15) is 52.9 Å². The molecule has 7 heteroatoms. The lowest BCUT2D eigenvalue weighted by Gasteiger charge is -2.40. The summed E-state index contributed by atoms with van der Waals surface area (Å²) < 4.78 is 5.04. The number of nitrogens with zero attached hydrogens (tertiary/aromatic N) is 3. The van der Waals surface area contributed by atoms with Crippen LogP contribution in [-0.4, -0.2) is 72.8 Å². The van der Waals surface area contributed by atoms with Gasteiger partial charge >= 0.3 is 6.09 Å². The smallest absolute Gasteiger partial charge is 0.409 e. The van der Waals surface area contributed by atoms with E-state index in [4.69, 9.17) is 10.5 Å². The molecule has 3 N–H and O–H groups in total. The minimum absolute atomic E-state index is 0.0417. The Morgan fingerprint density at radius 3 is 2.44 bits per heavy atom. The normalized spacial score (nSPS) is 21.2. The van der Waals surface area contributed by atoms with E-state index in [0.717, 1.165) is 25.9 Å². The lowest BCUT2D eigenvalue weighted by Crippen LogP contribution is -2.51. The van der Waals surface area contributed by atoms with Crippen molar-refractivity contribution in [1.82, 2.24) is 15.1 Å². The third-order valence-electron chi connectivity index (χ3n) is 5.22. The number of guanidine groups is 1. The lowest BCUT2D eigenvalue weighted by atomic mass is 9.99. The van der Waals surface area contributed by atoms with E-state index in [1.54, 1.807) is 4.90 Å². The highest BCUT2D eigenvalue weighted by atomic mass is 16.6. The van der Waals surface area contributed by atoms with Crippen molar-refractivity contribution < 1.29 is 9.53 Å². The van der Waals surface area contributed by atoms with E-state index in [0.29, 0.717) is 32.2 Å². The van der Waals surface area contributed by atoms with E-state index in [1.165, 1.54) is 19.3 Å². The van der Waals surface area contributed by atoms with Gasteiger partial charge in [0.15, 0.2) is 5.96 Å². The standard InChI is InChI=1S/C18H35N5O2/c1-4-25-17(24)22-12-8-15(9-13-22)21-16(19)20-14-18(2,3)23-10-6-5-7-11-23/h15H,4-14H2,1-3H3,(H3,19,20,21). The van der Waals surface area contributed by atoms with Gasteiger partial charge in [-0.2, -0.15) is 0 Å². The van der Waals surface area contributed by atoms with Gasteiger partial charge in [-0.3, -0.25) is 9.89 Å². The maximum absolute atomic E-state index is 11.7. The number of likely N-dealkylation sites (tertiary alicyclic amines) is 2. The molecule has 0 spiro atoms. The fourth-order valence-electron chi connectivity index (χ4n) is 3.55. The largest absolute Gasteiger partial charge is 0.450 e. The molecular formula is C18H35N5O2. The third kappa shape index (κ3) is 6.06. The van der Waals surface area contributed by atoms with E-state index in [2.05, 4.69) is 29.1 Å². The van der Waals surface area contributed by atoms with Crippen molar-refractivity contribution in [3.8, 4) is 0 Å². The molecule has 2 saturated heterocycles. The molecule has 1 amide bonds. The van der Waals surface area contributed by atoms with Crippen LogP contribution in [0.3, 0.4) is 0 Å². The molecule has 144 valence electrons. The summed E-state index contributed by atoms with van der Waals surface area (Å²) in [6, 6.07) is 0.271. The fourth-order valence-corrected chi connectivity index (χ4v) is 3.55. The molecule has 0 atom stereocenters. The number of piperidine rings is 2. The Kier molecular flexibility index (Phi) is 7.35. The zero-order chi connectivity index (χ0) is 18.3. The van der Waals surface area contributed by atoms with Crippen molar-refractivity contribution in [3.63, 3.8) is 0 Å². The Morgan fingerprint density at radius 2 is 1.84 bits per heavy atom. The molecule has 2 aliphatic rings. The summed E-state index contributed by atoms with van der Waals surface area (Å²) in [5.74, 6) is 0.514. The van der Waals surface area contributed by atoms with Crippen LogP contribution in [0.15, 0.2) is 4.99 Å². The molecule has 25 heavy (non-hydrogen) atoms. The van der Waals surface area contributed by atoms with Crippen molar-refractivity contribution in [2.75, 3.05) is 39.3 Å². The molecule has 0 aliphatic carbocycles. The van der Waals surface area contributed by atoms with Crippen LogP contribution in [0.2, 0.25) is 0 Å². The molecular weight excluding hydrogens is 318 g/mol. The van der Waals surface area contributed by atoms with Gasteiger partial charge in [0, 0.05) is 24.7 Å². The Balaban J connectivity index is 1.75. The maximum atomic E-state index is 11.7. The number of nitrogens with one attached hydrogen (secondary N) is 1. The summed E-state index contributed by atoms with van der Waals surface area (Å²) in [7, 11) is 0. The number of rotatable bonds is 5. The minimum Gasteiger partial charge on any atom is -0.450 e. The fraction of sp³-hybridized carbons (Fsp3) is 0.889. The van der Waals surface area contributed by atoms with Crippen molar-refractivity contribution in [2.45, 2.75) is 64.5 Å². The molecule has 2 heterocycles. The highest BCUT2D eigenvalue weighted by Gasteiger charge is 2.28. The minimum atomic E-state index is -0.217. The zero-order valence-electron chi connectivity index (χ0n) is 16.1. The molecule has 0 radical (unpaired) electrons. The second kappa shape index (κ2) is 9.27. The quantitative estimate of drug-likeness (QED) is 0.581. The van der Waals surface area contributed by atoms with Crippen LogP contribution in [0, 0.1) is 0 Å². The SMILES string of the molecule is CCOC(=O)N1CCC(NC(N)=NCC(C)(C)N2CCCCC2)CC1. The predicted octanol–water partition coefficient (Wildman–Crippen LogP) is 1.78. The van der Waals surface area contributed by atoms with E-state index in [-0.39, 0.29) is 17.7 Å². The monoisotopic (exact) mass is 353 g/mol. The van der Waals surface area contributed by atoms with Crippen LogP contribution in [0.25, 0.3) is 0 Å². The van der Waals surface area contributed by atoms with Crippen LogP contribution in [0.5, 0.6) is 0 Å². The zero-order valence-corrected chi connectivity index (χ0v) is 16.1. The maximum Gasteiger partial charge on any atom is 0.409 e. The molecule has 2 fully saturated rings. The number of carbonyl (C=O) groups excluding carboxylic acids is 1. The predicted molar refractivity (Wildman–Crippen MR) is 101 cm³/mol. The van der Waals surface area contributed by atoms with Crippen LogP contribution >= 0.6 is 0 Å². The molecule has 0 bridgehead atoms. The number of ether oxygens (including phenoxy) is 1. The topological polar surface area (TPSA) is 83.2 Å². The van der Waals surface area contributed by atoms with Crippen LogP contribution in [0.4, 0.5) is 4.79 Å². The van der Waals surface area contributed by atoms with Crippen LogP contribution < -0.4 is 11.1 Å². The molecule has 2 rings (SSSR count).